The average molecular weight is 754 g/mol. The SMILES string of the molecule is COC(=O)c1c(-c2ccc(Br)cc2)csc1NC(=O)c1cccc(C(=O)Nc2scc(-c3ccc(Br)cc3)c2C(=O)OC)c1. The van der Waals surface area contributed by atoms with E-state index < -0.39 is 23.8 Å². The molecule has 0 saturated heterocycles. The van der Waals surface area contributed by atoms with Crippen LogP contribution in [0, 0.1) is 0 Å². The molecular formula is C32H22Br2N2O6S2. The maximum atomic E-state index is 13.3. The zero-order chi connectivity index (χ0) is 31.4. The van der Waals surface area contributed by atoms with Crippen molar-refractivity contribution in [3.8, 4) is 22.3 Å². The van der Waals surface area contributed by atoms with Gasteiger partial charge in [0.25, 0.3) is 11.8 Å². The van der Waals surface area contributed by atoms with Crippen molar-refractivity contribution in [3.05, 3.63) is 115 Å². The third-order valence-electron chi connectivity index (χ3n) is 6.51. The van der Waals surface area contributed by atoms with Crippen LogP contribution >= 0.6 is 54.5 Å². The van der Waals surface area contributed by atoms with Gasteiger partial charge in [0.2, 0.25) is 0 Å². The molecule has 3 aromatic carbocycles. The Morgan fingerprint density at radius 1 is 0.614 bits per heavy atom. The van der Waals surface area contributed by atoms with Gasteiger partial charge in [-0.15, -0.1) is 22.7 Å². The molecule has 2 heterocycles. The molecule has 0 radical (unpaired) electrons. The molecule has 0 atom stereocenters. The maximum absolute atomic E-state index is 13.3. The first-order valence-electron chi connectivity index (χ1n) is 12.8. The zero-order valence-electron chi connectivity index (χ0n) is 23.1. The van der Waals surface area contributed by atoms with Crippen molar-refractivity contribution < 1.29 is 28.7 Å². The molecule has 0 spiro atoms. The van der Waals surface area contributed by atoms with E-state index in [2.05, 4.69) is 42.5 Å². The van der Waals surface area contributed by atoms with Crippen LogP contribution in [0.15, 0.2) is 92.5 Å². The van der Waals surface area contributed by atoms with Gasteiger partial charge in [-0.25, -0.2) is 9.59 Å². The Hall–Kier alpha value is -4.10. The molecule has 0 aliphatic heterocycles. The predicted molar refractivity (Wildman–Crippen MR) is 180 cm³/mol. The number of benzene rings is 3. The summed E-state index contributed by atoms with van der Waals surface area (Å²) in [6.45, 7) is 0. The molecule has 222 valence electrons. The normalized spacial score (nSPS) is 10.6. The summed E-state index contributed by atoms with van der Waals surface area (Å²) in [6.07, 6.45) is 0. The van der Waals surface area contributed by atoms with Crippen molar-refractivity contribution in [1.29, 1.82) is 0 Å². The molecule has 0 saturated carbocycles. The molecular weight excluding hydrogens is 732 g/mol. The minimum Gasteiger partial charge on any atom is -0.465 e. The number of anilines is 2. The number of thiophene rings is 2. The van der Waals surface area contributed by atoms with Crippen molar-refractivity contribution in [2.45, 2.75) is 0 Å². The van der Waals surface area contributed by atoms with E-state index in [-0.39, 0.29) is 22.3 Å². The molecule has 0 unspecified atom stereocenters. The molecule has 0 bridgehead atoms. The van der Waals surface area contributed by atoms with Gasteiger partial charge in [0.05, 0.1) is 14.2 Å². The number of esters is 2. The van der Waals surface area contributed by atoms with Gasteiger partial charge < -0.3 is 20.1 Å². The number of amides is 2. The quantitative estimate of drug-likeness (QED) is 0.153. The summed E-state index contributed by atoms with van der Waals surface area (Å²) in [6, 6.07) is 21.0. The van der Waals surface area contributed by atoms with Gasteiger partial charge >= 0.3 is 11.9 Å². The Morgan fingerprint density at radius 3 is 1.36 bits per heavy atom. The van der Waals surface area contributed by atoms with Crippen molar-refractivity contribution in [3.63, 3.8) is 0 Å². The number of methoxy groups -OCH3 is 2. The van der Waals surface area contributed by atoms with Crippen LogP contribution in [-0.4, -0.2) is 38.0 Å². The molecule has 2 amide bonds. The summed E-state index contributed by atoms with van der Waals surface area (Å²) in [5.41, 5.74) is 3.67. The number of carbonyl (C=O) groups is 4. The molecule has 5 aromatic rings. The Bertz CT molecular complexity index is 1750. The first-order chi connectivity index (χ1) is 21.2. The molecule has 2 aromatic heterocycles. The van der Waals surface area contributed by atoms with Crippen LogP contribution in [0.3, 0.4) is 0 Å². The van der Waals surface area contributed by atoms with E-state index >= 15 is 0 Å². The standard InChI is InChI=1S/C32H22Br2N2O6S2/c1-41-31(39)25-23(17-6-10-21(33)11-7-17)15-43-29(25)35-27(37)19-4-3-5-20(14-19)28(38)36-30-26(32(40)42-2)24(16-44-30)18-8-12-22(34)13-9-18/h3-16H,1-2H3,(H,35,37)(H,36,38). The highest BCUT2D eigenvalue weighted by Crippen LogP contribution is 2.38. The van der Waals surface area contributed by atoms with E-state index in [4.69, 9.17) is 9.47 Å². The number of rotatable bonds is 8. The van der Waals surface area contributed by atoms with Crippen molar-refractivity contribution in [1.82, 2.24) is 0 Å². The van der Waals surface area contributed by atoms with E-state index in [1.807, 2.05) is 48.5 Å². The highest BCUT2D eigenvalue weighted by Gasteiger charge is 2.25. The van der Waals surface area contributed by atoms with Crippen LogP contribution in [0.4, 0.5) is 10.0 Å². The molecule has 12 heteroatoms. The largest absolute Gasteiger partial charge is 0.465 e. The lowest BCUT2D eigenvalue weighted by Crippen LogP contribution is -2.17. The second-order valence-corrected chi connectivity index (χ2v) is 12.8. The topological polar surface area (TPSA) is 111 Å². The minimum absolute atomic E-state index is 0.196. The summed E-state index contributed by atoms with van der Waals surface area (Å²) in [4.78, 5) is 52.1. The number of nitrogens with one attached hydrogen (secondary N) is 2. The van der Waals surface area contributed by atoms with Gasteiger partial charge in [0.15, 0.2) is 0 Å². The lowest BCUT2D eigenvalue weighted by molar-refractivity contribution is 0.0594. The lowest BCUT2D eigenvalue weighted by Gasteiger charge is -2.10. The zero-order valence-corrected chi connectivity index (χ0v) is 27.9. The molecule has 2 N–H and O–H groups in total. The lowest BCUT2D eigenvalue weighted by atomic mass is 10.0. The van der Waals surface area contributed by atoms with Gasteiger partial charge in [0.1, 0.15) is 21.1 Å². The van der Waals surface area contributed by atoms with Crippen molar-refractivity contribution in [2.75, 3.05) is 24.9 Å². The minimum atomic E-state index is -0.590. The van der Waals surface area contributed by atoms with E-state index in [0.717, 1.165) is 20.1 Å². The van der Waals surface area contributed by atoms with Crippen LogP contribution in [0.25, 0.3) is 22.3 Å². The number of carbonyl (C=O) groups excluding carboxylic acids is 4. The molecule has 0 aliphatic carbocycles. The first-order valence-corrected chi connectivity index (χ1v) is 16.2. The first kappa shape index (κ1) is 31.3. The van der Waals surface area contributed by atoms with Crippen LogP contribution in [0.5, 0.6) is 0 Å². The number of ether oxygens (including phenoxy) is 2. The van der Waals surface area contributed by atoms with Gasteiger partial charge in [-0.1, -0.05) is 62.2 Å². The second-order valence-electron chi connectivity index (χ2n) is 9.19. The maximum Gasteiger partial charge on any atom is 0.341 e. The highest BCUT2D eigenvalue weighted by atomic mass is 79.9. The molecule has 0 aliphatic rings. The Balaban J connectivity index is 1.39. The van der Waals surface area contributed by atoms with Gasteiger partial charge in [-0.2, -0.15) is 0 Å². The Kier molecular flexibility index (Phi) is 9.74. The fourth-order valence-electron chi connectivity index (χ4n) is 4.35. The average Bonchev–Trinajstić information content (AvgIpc) is 3.65. The van der Waals surface area contributed by atoms with Gasteiger partial charge in [-0.3, -0.25) is 9.59 Å². The fourth-order valence-corrected chi connectivity index (χ4v) is 6.78. The molecule has 8 nitrogen and oxygen atoms in total. The summed E-state index contributed by atoms with van der Waals surface area (Å²) >= 11 is 9.20. The second kappa shape index (κ2) is 13.7. The van der Waals surface area contributed by atoms with Crippen LogP contribution in [-0.2, 0) is 9.47 Å². The number of hydrogen-bond acceptors (Lipinski definition) is 8. The van der Waals surface area contributed by atoms with Gasteiger partial charge in [0, 0.05) is 42.0 Å². The van der Waals surface area contributed by atoms with E-state index in [0.29, 0.717) is 21.1 Å². The summed E-state index contributed by atoms with van der Waals surface area (Å²) in [5, 5.41) is 9.77. The van der Waals surface area contributed by atoms with Crippen LogP contribution in [0.1, 0.15) is 41.4 Å². The third-order valence-corrected chi connectivity index (χ3v) is 9.36. The molecule has 5 rings (SSSR count). The van der Waals surface area contributed by atoms with E-state index in [9.17, 15) is 19.2 Å². The smallest absolute Gasteiger partial charge is 0.341 e. The molecule has 0 fully saturated rings. The summed E-state index contributed by atoms with van der Waals surface area (Å²) in [7, 11) is 2.56. The number of hydrogen-bond donors (Lipinski definition) is 2. The Labute approximate surface area is 277 Å². The van der Waals surface area contributed by atoms with Crippen molar-refractivity contribution in [2.24, 2.45) is 0 Å². The van der Waals surface area contributed by atoms with Crippen LogP contribution < -0.4 is 10.6 Å². The summed E-state index contributed by atoms with van der Waals surface area (Å²) in [5.74, 6) is -2.21. The summed E-state index contributed by atoms with van der Waals surface area (Å²) < 4.78 is 11.8. The monoisotopic (exact) mass is 752 g/mol. The molecule has 44 heavy (non-hydrogen) atoms. The predicted octanol–water partition coefficient (Wildman–Crippen LogP) is 8.75. The van der Waals surface area contributed by atoms with E-state index in [1.54, 1.807) is 29.0 Å². The van der Waals surface area contributed by atoms with Gasteiger partial charge in [-0.05, 0) is 53.6 Å². The fraction of sp³-hybridized carbons (Fsp3) is 0.0625. The third kappa shape index (κ3) is 6.68. The van der Waals surface area contributed by atoms with E-state index in [1.165, 1.54) is 43.0 Å². The van der Waals surface area contributed by atoms with Crippen LogP contribution in [0.2, 0.25) is 0 Å². The number of halogens is 2. The van der Waals surface area contributed by atoms with Crippen molar-refractivity contribution >= 4 is 88.3 Å². The highest BCUT2D eigenvalue weighted by molar-refractivity contribution is 9.10. The Morgan fingerprint density at radius 2 is 1.00 bits per heavy atom.